The van der Waals surface area contributed by atoms with E-state index in [1.54, 1.807) is 6.07 Å². The van der Waals surface area contributed by atoms with E-state index in [0.29, 0.717) is 23.5 Å². The fraction of sp³-hybridized carbons (Fsp3) is 0.200. The lowest BCUT2D eigenvalue weighted by Crippen LogP contribution is -2.09. The molecular formula is C20H16F3N7O. The van der Waals surface area contributed by atoms with Crippen molar-refractivity contribution in [1.29, 1.82) is 0 Å². The molecule has 31 heavy (non-hydrogen) atoms. The summed E-state index contributed by atoms with van der Waals surface area (Å²) in [6.45, 7) is 0. The van der Waals surface area contributed by atoms with Gasteiger partial charge in [0.25, 0.3) is 5.89 Å². The van der Waals surface area contributed by atoms with Crippen LogP contribution in [0.25, 0.3) is 23.1 Å². The quantitative estimate of drug-likeness (QED) is 0.496. The Balaban J connectivity index is 1.52. The van der Waals surface area contributed by atoms with Crippen molar-refractivity contribution in [1.82, 2.24) is 30.1 Å². The molecule has 0 atom stereocenters. The molecule has 0 unspecified atom stereocenters. The number of benzene rings is 1. The van der Waals surface area contributed by atoms with Crippen LogP contribution in [-0.4, -0.2) is 36.3 Å². The van der Waals surface area contributed by atoms with E-state index in [-0.39, 0.29) is 29.9 Å². The summed E-state index contributed by atoms with van der Waals surface area (Å²) in [5.74, 6) is 0.880. The molecule has 0 aliphatic heterocycles. The SMILES string of the molecule is Nc1nc(Cc2ccccc2)nc(-c2noc(-c3ccc(CCC(F)(F)F)nc3)n2)n1. The number of hydrogen-bond donors (Lipinski definition) is 1. The Hall–Kier alpha value is -3.89. The molecule has 0 radical (unpaired) electrons. The van der Waals surface area contributed by atoms with Gasteiger partial charge in [-0.15, -0.1) is 0 Å². The Morgan fingerprint density at radius 3 is 2.42 bits per heavy atom. The number of nitrogen functional groups attached to an aromatic ring is 1. The van der Waals surface area contributed by atoms with Crippen molar-refractivity contribution in [2.24, 2.45) is 0 Å². The van der Waals surface area contributed by atoms with Crippen LogP contribution in [0.1, 0.15) is 23.5 Å². The number of rotatable bonds is 6. The molecular weight excluding hydrogens is 411 g/mol. The summed E-state index contributed by atoms with van der Waals surface area (Å²) >= 11 is 0. The lowest BCUT2D eigenvalue weighted by atomic mass is 10.1. The molecule has 0 spiro atoms. The highest BCUT2D eigenvalue weighted by molar-refractivity contribution is 5.55. The molecule has 0 aliphatic rings. The number of hydrogen-bond acceptors (Lipinski definition) is 8. The smallest absolute Gasteiger partial charge is 0.368 e. The summed E-state index contributed by atoms with van der Waals surface area (Å²) in [6.07, 6.45) is -3.53. The molecule has 0 saturated carbocycles. The van der Waals surface area contributed by atoms with E-state index in [9.17, 15) is 13.2 Å². The number of pyridine rings is 1. The van der Waals surface area contributed by atoms with Crippen LogP contribution < -0.4 is 5.73 Å². The third-order valence-electron chi connectivity index (χ3n) is 4.27. The van der Waals surface area contributed by atoms with E-state index in [0.717, 1.165) is 5.56 Å². The minimum absolute atomic E-state index is 0.0259. The monoisotopic (exact) mass is 427 g/mol. The topological polar surface area (TPSA) is 116 Å². The van der Waals surface area contributed by atoms with Gasteiger partial charge >= 0.3 is 6.18 Å². The van der Waals surface area contributed by atoms with E-state index in [4.69, 9.17) is 10.3 Å². The van der Waals surface area contributed by atoms with Crippen molar-refractivity contribution in [3.63, 3.8) is 0 Å². The highest BCUT2D eigenvalue weighted by Crippen LogP contribution is 2.23. The first-order chi connectivity index (χ1) is 14.9. The molecule has 1 aromatic carbocycles. The summed E-state index contributed by atoms with van der Waals surface area (Å²) in [7, 11) is 0. The number of anilines is 1. The molecule has 3 heterocycles. The normalized spacial score (nSPS) is 11.6. The first-order valence-electron chi connectivity index (χ1n) is 9.26. The van der Waals surface area contributed by atoms with Gasteiger partial charge in [0.15, 0.2) is 0 Å². The Morgan fingerprint density at radius 1 is 0.903 bits per heavy atom. The van der Waals surface area contributed by atoms with Gasteiger partial charge in [0.1, 0.15) is 5.82 Å². The van der Waals surface area contributed by atoms with E-state index >= 15 is 0 Å². The fourth-order valence-electron chi connectivity index (χ4n) is 2.80. The molecule has 4 aromatic rings. The summed E-state index contributed by atoms with van der Waals surface area (Å²) in [6, 6.07) is 12.7. The zero-order valence-electron chi connectivity index (χ0n) is 16.0. The lowest BCUT2D eigenvalue weighted by molar-refractivity contribution is -0.134. The molecule has 0 bridgehead atoms. The first-order valence-corrected chi connectivity index (χ1v) is 9.26. The summed E-state index contributed by atoms with van der Waals surface area (Å²) in [4.78, 5) is 20.8. The van der Waals surface area contributed by atoms with E-state index < -0.39 is 12.6 Å². The van der Waals surface area contributed by atoms with Crippen LogP contribution in [0.3, 0.4) is 0 Å². The van der Waals surface area contributed by atoms with E-state index in [2.05, 4.69) is 30.1 Å². The van der Waals surface area contributed by atoms with Gasteiger partial charge in [-0.25, -0.2) is 4.98 Å². The van der Waals surface area contributed by atoms with Gasteiger partial charge < -0.3 is 10.3 Å². The second-order valence-corrected chi connectivity index (χ2v) is 6.67. The zero-order chi connectivity index (χ0) is 21.8. The van der Waals surface area contributed by atoms with Crippen molar-refractivity contribution in [2.75, 3.05) is 5.73 Å². The largest absolute Gasteiger partial charge is 0.389 e. The maximum absolute atomic E-state index is 12.3. The van der Waals surface area contributed by atoms with Gasteiger partial charge in [0.2, 0.25) is 17.6 Å². The van der Waals surface area contributed by atoms with Crippen LogP contribution in [0.15, 0.2) is 53.2 Å². The second kappa shape index (κ2) is 8.46. The minimum atomic E-state index is -4.23. The Morgan fingerprint density at radius 2 is 1.71 bits per heavy atom. The Kier molecular flexibility index (Phi) is 5.56. The Bertz CT molecular complexity index is 1160. The van der Waals surface area contributed by atoms with Crippen molar-refractivity contribution >= 4 is 5.95 Å². The highest BCUT2D eigenvalue weighted by atomic mass is 19.4. The van der Waals surface area contributed by atoms with Gasteiger partial charge in [-0.3, -0.25) is 4.98 Å². The van der Waals surface area contributed by atoms with Crippen LogP contribution in [0, 0.1) is 0 Å². The average molecular weight is 427 g/mol. The van der Waals surface area contributed by atoms with Crippen LogP contribution in [0.2, 0.25) is 0 Å². The molecule has 8 nitrogen and oxygen atoms in total. The summed E-state index contributed by atoms with van der Waals surface area (Å²) < 4.78 is 42.3. The van der Waals surface area contributed by atoms with Crippen LogP contribution in [-0.2, 0) is 12.8 Å². The van der Waals surface area contributed by atoms with Gasteiger partial charge in [0.05, 0.1) is 5.56 Å². The molecule has 0 aliphatic carbocycles. The van der Waals surface area contributed by atoms with Crippen molar-refractivity contribution < 1.29 is 17.7 Å². The number of nitrogens with zero attached hydrogens (tertiary/aromatic N) is 6. The molecule has 4 rings (SSSR count). The molecule has 158 valence electrons. The number of aryl methyl sites for hydroxylation is 1. The molecule has 0 saturated heterocycles. The molecule has 11 heteroatoms. The van der Waals surface area contributed by atoms with Crippen molar-refractivity contribution in [2.45, 2.75) is 25.4 Å². The van der Waals surface area contributed by atoms with Gasteiger partial charge in [-0.05, 0) is 24.1 Å². The standard InChI is InChI=1S/C20H16F3N7O/c21-20(22,23)9-8-14-7-6-13(11-25-14)18-28-17(30-31-18)16-26-15(27-19(24)29-16)10-12-4-2-1-3-5-12/h1-7,11H,8-10H2,(H2,24,26,27,29). The molecule has 2 N–H and O–H groups in total. The zero-order valence-corrected chi connectivity index (χ0v) is 16.0. The minimum Gasteiger partial charge on any atom is -0.368 e. The fourth-order valence-corrected chi connectivity index (χ4v) is 2.80. The molecule has 3 aromatic heterocycles. The number of halogens is 3. The number of alkyl halides is 3. The Labute approximate surface area is 174 Å². The third kappa shape index (κ3) is 5.38. The maximum atomic E-state index is 12.3. The van der Waals surface area contributed by atoms with E-state index in [1.807, 2.05) is 30.3 Å². The van der Waals surface area contributed by atoms with Crippen LogP contribution in [0.4, 0.5) is 19.1 Å². The van der Waals surface area contributed by atoms with E-state index in [1.165, 1.54) is 12.3 Å². The maximum Gasteiger partial charge on any atom is 0.389 e. The summed E-state index contributed by atoms with van der Waals surface area (Å²) in [5.41, 5.74) is 7.59. The third-order valence-corrected chi connectivity index (χ3v) is 4.27. The van der Waals surface area contributed by atoms with Crippen LogP contribution in [0.5, 0.6) is 0 Å². The van der Waals surface area contributed by atoms with Gasteiger partial charge in [-0.1, -0.05) is 35.5 Å². The predicted molar refractivity (Wildman–Crippen MR) is 104 cm³/mol. The van der Waals surface area contributed by atoms with Gasteiger partial charge in [-0.2, -0.15) is 28.1 Å². The predicted octanol–water partition coefficient (Wildman–Crippen LogP) is 3.65. The van der Waals surface area contributed by atoms with Crippen LogP contribution >= 0.6 is 0 Å². The van der Waals surface area contributed by atoms with Gasteiger partial charge in [0, 0.05) is 24.7 Å². The average Bonchev–Trinajstić information content (AvgIpc) is 3.23. The second-order valence-electron chi connectivity index (χ2n) is 6.67. The van der Waals surface area contributed by atoms with Crippen molar-refractivity contribution in [3.05, 3.63) is 65.7 Å². The lowest BCUT2D eigenvalue weighted by Gasteiger charge is -2.05. The molecule has 0 amide bonds. The van der Waals surface area contributed by atoms with Crippen molar-refractivity contribution in [3.8, 4) is 23.1 Å². The number of nitrogens with two attached hydrogens (primary N) is 1. The highest BCUT2D eigenvalue weighted by Gasteiger charge is 2.26. The number of aromatic nitrogens is 6. The molecule has 0 fully saturated rings. The summed E-state index contributed by atoms with van der Waals surface area (Å²) in [5, 5.41) is 3.87. The first kappa shape index (κ1) is 20.4.